The molecule has 2 unspecified atom stereocenters. The Morgan fingerprint density at radius 1 is 1.39 bits per heavy atom. The topological polar surface area (TPSA) is 66.4 Å². The van der Waals surface area contributed by atoms with Crippen LogP contribution in [0.4, 0.5) is 0 Å². The van der Waals surface area contributed by atoms with E-state index in [1.807, 2.05) is 38.1 Å². The third kappa shape index (κ3) is 2.91. The molecular formula is C13H19NO3S. The molecule has 18 heavy (non-hydrogen) atoms. The lowest BCUT2D eigenvalue weighted by Gasteiger charge is -2.18. The van der Waals surface area contributed by atoms with E-state index in [2.05, 4.69) is 4.72 Å². The van der Waals surface area contributed by atoms with Gasteiger partial charge in [-0.1, -0.05) is 38.1 Å². The van der Waals surface area contributed by atoms with Crippen molar-refractivity contribution in [2.45, 2.75) is 32.4 Å². The molecule has 0 amide bonds. The SMILES string of the molecule is CC(C)CS(=O)(=O)NC1c2ccccc2CC1O. The summed E-state index contributed by atoms with van der Waals surface area (Å²) in [6.45, 7) is 3.72. The van der Waals surface area contributed by atoms with Gasteiger partial charge in [0.2, 0.25) is 10.0 Å². The number of fused-ring (bicyclic) bond motifs is 1. The molecule has 4 nitrogen and oxygen atoms in total. The van der Waals surface area contributed by atoms with Gasteiger partial charge < -0.3 is 5.11 Å². The summed E-state index contributed by atoms with van der Waals surface area (Å²) in [7, 11) is -3.35. The van der Waals surface area contributed by atoms with Crippen molar-refractivity contribution in [3.05, 3.63) is 35.4 Å². The van der Waals surface area contributed by atoms with E-state index in [0.717, 1.165) is 11.1 Å². The average molecular weight is 269 g/mol. The van der Waals surface area contributed by atoms with Crippen LogP contribution >= 0.6 is 0 Å². The molecule has 2 rings (SSSR count). The van der Waals surface area contributed by atoms with Gasteiger partial charge in [0.25, 0.3) is 0 Å². The molecule has 0 radical (unpaired) electrons. The van der Waals surface area contributed by atoms with E-state index in [9.17, 15) is 13.5 Å². The molecule has 0 aromatic heterocycles. The number of benzene rings is 1. The Labute approximate surface area is 108 Å². The van der Waals surface area contributed by atoms with Crippen molar-refractivity contribution >= 4 is 10.0 Å². The van der Waals surface area contributed by atoms with Gasteiger partial charge in [-0.3, -0.25) is 0 Å². The lowest BCUT2D eigenvalue weighted by atomic mass is 10.1. The molecule has 5 heteroatoms. The molecule has 0 heterocycles. The third-order valence-electron chi connectivity index (χ3n) is 3.06. The predicted molar refractivity (Wildman–Crippen MR) is 70.7 cm³/mol. The molecule has 1 aromatic carbocycles. The van der Waals surface area contributed by atoms with Crippen LogP contribution in [-0.4, -0.2) is 25.4 Å². The normalized spacial score (nSPS) is 23.3. The van der Waals surface area contributed by atoms with Gasteiger partial charge in [-0.05, 0) is 17.0 Å². The first kappa shape index (κ1) is 13.5. The number of nitrogens with one attached hydrogen (secondary N) is 1. The Balaban J connectivity index is 2.20. The molecular weight excluding hydrogens is 250 g/mol. The van der Waals surface area contributed by atoms with Gasteiger partial charge in [-0.15, -0.1) is 0 Å². The minimum atomic E-state index is -3.35. The Morgan fingerprint density at radius 2 is 2.06 bits per heavy atom. The minimum absolute atomic E-state index is 0.0660. The summed E-state index contributed by atoms with van der Waals surface area (Å²) >= 11 is 0. The highest BCUT2D eigenvalue weighted by Gasteiger charge is 2.33. The van der Waals surface area contributed by atoms with Crippen molar-refractivity contribution in [3.63, 3.8) is 0 Å². The molecule has 0 spiro atoms. The van der Waals surface area contributed by atoms with Gasteiger partial charge in [0, 0.05) is 6.42 Å². The second-order valence-electron chi connectivity index (χ2n) is 5.24. The van der Waals surface area contributed by atoms with Crippen LogP contribution in [0.15, 0.2) is 24.3 Å². The molecule has 0 saturated carbocycles. The summed E-state index contributed by atoms with van der Waals surface area (Å²) in [5.74, 6) is 0.148. The van der Waals surface area contributed by atoms with Crippen LogP contribution in [0, 0.1) is 5.92 Å². The Kier molecular flexibility index (Phi) is 3.75. The summed E-state index contributed by atoms with van der Waals surface area (Å²) in [4.78, 5) is 0. The molecule has 1 aliphatic carbocycles. The Morgan fingerprint density at radius 3 is 2.72 bits per heavy atom. The van der Waals surface area contributed by atoms with E-state index in [4.69, 9.17) is 0 Å². The van der Waals surface area contributed by atoms with E-state index in [1.54, 1.807) is 0 Å². The number of hydrogen-bond acceptors (Lipinski definition) is 3. The van der Waals surface area contributed by atoms with E-state index >= 15 is 0 Å². The standard InChI is InChI=1S/C13H19NO3S/c1-9(2)8-18(16,17)14-13-11-6-4-3-5-10(11)7-12(13)15/h3-6,9,12-15H,7-8H2,1-2H3. The van der Waals surface area contributed by atoms with Crippen LogP contribution in [0.2, 0.25) is 0 Å². The fourth-order valence-corrected chi connectivity index (χ4v) is 4.04. The summed E-state index contributed by atoms with van der Waals surface area (Å²) in [6.07, 6.45) is -0.172. The Bertz CT molecular complexity index is 525. The lowest BCUT2D eigenvalue weighted by molar-refractivity contribution is 0.151. The van der Waals surface area contributed by atoms with Gasteiger partial charge in [0.15, 0.2) is 0 Å². The number of aliphatic hydroxyl groups is 1. The first-order chi connectivity index (χ1) is 8.39. The Hall–Kier alpha value is -0.910. The fraction of sp³-hybridized carbons (Fsp3) is 0.538. The summed E-state index contributed by atoms with van der Waals surface area (Å²) < 4.78 is 26.5. The molecule has 1 aliphatic rings. The van der Waals surface area contributed by atoms with Gasteiger partial charge in [0.1, 0.15) is 0 Å². The van der Waals surface area contributed by atoms with Crippen molar-refractivity contribution in [1.29, 1.82) is 0 Å². The average Bonchev–Trinajstić information content (AvgIpc) is 2.53. The molecule has 2 atom stereocenters. The molecule has 0 fully saturated rings. The molecule has 2 N–H and O–H groups in total. The number of sulfonamides is 1. The largest absolute Gasteiger partial charge is 0.391 e. The molecule has 0 bridgehead atoms. The van der Waals surface area contributed by atoms with Crippen molar-refractivity contribution in [2.75, 3.05) is 5.75 Å². The zero-order chi connectivity index (χ0) is 13.3. The van der Waals surface area contributed by atoms with Crippen molar-refractivity contribution in [1.82, 2.24) is 4.72 Å². The quantitative estimate of drug-likeness (QED) is 0.863. The van der Waals surface area contributed by atoms with E-state index in [-0.39, 0.29) is 11.7 Å². The second-order valence-corrected chi connectivity index (χ2v) is 7.04. The zero-order valence-electron chi connectivity index (χ0n) is 10.6. The third-order valence-corrected chi connectivity index (χ3v) is 4.78. The maximum absolute atomic E-state index is 11.9. The van der Waals surface area contributed by atoms with Gasteiger partial charge >= 0.3 is 0 Å². The van der Waals surface area contributed by atoms with Crippen molar-refractivity contribution < 1.29 is 13.5 Å². The van der Waals surface area contributed by atoms with Crippen LogP contribution in [0.3, 0.4) is 0 Å². The summed E-state index contributed by atoms with van der Waals surface area (Å²) in [5.41, 5.74) is 1.90. The minimum Gasteiger partial charge on any atom is -0.391 e. The van der Waals surface area contributed by atoms with E-state index < -0.39 is 22.2 Å². The first-order valence-corrected chi connectivity index (χ1v) is 7.80. The van der Waals surface area contributed by atoms with E-state index in [1.165, 1.54) is 0 Å². The van der Waals surface area contributed by atoms with Crippen LogP contribution in [0.1, 0.15) is 31.0 Å². The highest BCUT2D eigenvalue weighted by atomic mass is 32.2. The van der Waals surface area contributed by atoms with Gasteiger partial charge in [-0.2, -0.15) is 0 Å². The van der Waals surface area contributed by atoms with Crippen LogP contribution < -0.4 is 4.72 Å². The number of rotatable bonds is 4. The fourth-order valence-electron chi connectivity index (χ4n) is 2.40. The highest BCUT2D eigenvalue weighted by Crippen LogP contribution is 2.31. The van der Waals surface area contributed by atoms with Crippen LogP contribution in [0.25, 0.3) is 0 Å². The number of aliphatic hydroxyl groups excluding tert-OH is 1. The predicted octanol–water partition coefficient (Wildman–Crippen LogP) is 1.22. The molecule has 1 aromatic rings. The number of hydrogen-bond donors (Lipinski definition) is 2. The van der Waals surface area contributed by atoms with E-state index in [0.29, 0.717) is 6.42 Å². The maximum Gasteiger partial charge on any atom is 0.212 e. The molecule has 100 valence electrons. The van der Waals surface area contributed by atoms with Crippen LogP contribution in [-0.2, 0) is 16.4 Å². The summed E-state index contributed by atoms with van der Waals surface area (Å²) in [5, 5.41) is 9.98. The highest BCUT2D eigenvalue weighted by molar-refractivity contribution is 7.89. The summed E-state index contributed by atoms with van der Waals surface area (Å²) in [6, 6.07) is 7.05. The molecule has 0 saturated heterocycles. The maximum atomic E-state index is 11.9. The molecule has 0 aliphatic heterocycles. The second kappa shape index (κ2) is 4.99. The van der Waals surface area contributed by atoms with Crippen molar-refractivity contribution in [3.8, 4) is 0 Å². The monoisotopic (exact) mass is 269 g/mol. The van der Waals surface area contributed by atoms with Crippen LogP contribution in [0.5, 0.6) is 0 Å². The first-order valence-electron chi connectivity index (χ1n) is 6.15. The van der Waals surface area contributed by atoms with Gasteiger partial charge in [0.05, 0.1) is 17.9 Å². The van der Waals surface area contributed by atoms with Crippen molar-refractivity contribution in [2.24, 2.45) is 5.92 Å². The lowest BCUT2D eigenvalue weighted by Crippen LogP contribution is -2.36. The smallest absolute Gasteiger partial charge is 0.212 e. The van der Waals surface area contributed by atoms with Gasteiger partial charge in [-0.25, -0.2) is 13.1 Å². The zero-order valence-corrected chi connectivity index (χ0v) is 11.4.